The monoisotopic (exact) mass is 143 g/mol. The van der Waals surface area contributed by atoms with E-state index in [0.717, 1.165) is 4.57 Å². The normalized spacial score (nSPS) is 9.80. The first kappa shape index (κ1) is 6.73. The summed E-state index contributed by atoms with van der Waals surface area (Å²) in [4.78, 5) is 14.1. The lowest BCUT2D eigenvalue weighted by Crippen LogP contribution is -2.22. The lowest BCUT2D eigenvalue weighted by Gasteiger charge is -1.96. The zero-order valence-electron chi connectivity index (χ0n) is 5.34. The molecule has 4 nitrogen and oxygen atoms in total. The Balaban J connectivity index is 3.50. The molecule has 0 radical (unpaired) electrons. The third-order valence-electron chi connectivity index (χ3n) is 1.10. The lowest BCUT2D eigenvalue weighted by molar-refractivity contribution is 0.585. The van der Waals surface area contributed by atoms with Gasteiger partial charge >= 0.3 is 0 Å². The van der Waals surface area contributed by atoms with Crippen LogP contribution in [-0.4, -0.2) is 9.55 Å². The SMILES string of the molecule is Cn1cnc(N)c(F)c1=O. The summed E-state index contributed by atoms with van der Waals surface area (Å²) in [5.74, 6) is -1.35. The molecule has 0 saturated carbocycles. The molecule has 5 heteroatoms. The molecular weight excluding hydrogens is 137 g/mol. The van der Waals surface area contributed by atoms with E-state index in [-0.39, 0.29) is 5.82 Å². The van der Waals surface area contributed by atoms with Gasteiger partial charge in [0.1, 0.15) is 0 Å². The number of aryl methyl sites for hydroxylation is 1. The Bertz CT molecular complexity index is 306. The average molecular weight is 143 g/mol. The fraction of sp³-hybridized carbons (Fsp3) is 0.200. The van der Waals surface area contributed by atoms with Crippen LogP contribution >= 0.6 is 0 Å². The highest BCUT2D eigenvalue weighted by molar-refractivity contribution is 5.26. The second-order valence-corrected chi connectivity index (χ2v) is 1.86. The number of hydrogen-bond donors (Lipinski definition) is 1. The van der Waals surface area contributed by atoms with Crippen molar-refractivity contribution in [3.8, 4) is 0 Å². The summed E-state index contributed by atoms with van der Waals surface area (Å²) in [5, 5.41) is 0. The molecule has 0 unspecified atom stereocenters. The maximum Gasteiger partial charge on any atom is 0.291 e. The van der Waals surface area contributed by atoms with Crippen molar-refractivity contribution >= 4 is 5.82 Å². The maximum atomic E-state index is 12.5. The number of hydrogen-bond acceptors (Lipinski definition) is 3. The van der Waals surface area contributed by atoms with Crippen LogP contribution in [0.25, 0.3) is 0 Å². The van der Waals surface area contributed by atoms with E-state index in [4.69, 9.17) is 5.73 Å². The van der Waals surface area contributed by atoms with E-state index in [9.17, 15) is 9.18 Å². The number of halogens is 1. The second-order valence-electron chi connectivity index (χ2n) is 1.86. The number of rotatable bonds is 0. The van der Waals surface area contributed by atoms with Gasteiger partial charge in [-0.05, 0) is 0 Å². The molecule has 0 aliphatic heterocycles. The largest absolute Gasteiger partial charge is 0.381 e. The van der Waals surface area contributed by atoms with E-state index in [1.807, 2.05) is 0 Å². The first-order chi connectivity index (χ1) is 4.63. The molecule has 0 fully saturated rings. The zero-order chi connectivity index (χ0) is 7.72. The zero-order valence-corrected chi connectivity index (χ0v) is 5.34. The predicted octanol–water partition coefficient (Wildman–Crippen LogP) is -0.498. The highest BCUT2D eigenvalue weighted by Gasteiger charge is 2.04. The molecule has 0 spiro atoms. The Labute approximate surface area is 56.1 Å². The molecule has 0 aromatic carbocycles. The fourth-order valence-corrected chi connectivity index (χ4v) is 0.522. The highest BCUT2D eigenvalue weighted by Crippen LogP contribution is 1.95. The van der Waals surface area contributed by atoms with Gasteiger partial charge in [-0.2, -0.15) is 4.39 Å². The Morgan fingerprint density at radius 2 is 2.40 bits per heavy atom. The van der Waals surface area contributed by atoms with Crippen LogP contribution < -0.4 is 11.3 Å². The molecule has 1 aromatic heterocycles. The van der Waals surface area contributed by atoms with E-state index in [1.165, 1.54) is 13.4 Å². The highest BCUT2D eigenvalue weighted by atomic mass is 19.1. The summed E-state index contributed by atoms with van der Waals surface area (Å²) in [6.45, 7) is 0. The van der Waals surface area contributed by atoms with Crippen molar-refractivity contribution < 1.29 is 4.39 Å². The van der Waals surface area contributed by atoms with Crippen LogP contribution in [0.5, 0.6) is 0 Å². The molecule has 0 amide bonds. The van der Waals surface area contributed by atoms with Crippen LogP contribution in [0, 0.1) is 5.82 Å². The van der Waals surface area contributed by atoms with Gasteiger partial charge in [-0.15, -0.1) is 0 Å². The lowest BCUT2D eigenvalue weighted by atomic mass is 10.5. The Morgan fingerprint density at radius 3 is 2.90 bits per heavy atom. The van der Waals surface area contributed by atoms with Crippen molar-refractivity contribution in [2.45, 2.75) is 0 Å². The van der Waals surface area contributed by atoms with Gasteiger partial charge in [0.2, 0.25) is 5.82 Å². The Hall–Kier alpha value is -1.39. The van der Waals surface area contributed by atoms with Crippen molar-refractivity contribution in [1.82, 2.24) is 9.55 Å². The van der Waals surface area contributed by atoms with Crippen molar-refractivity contribution in [3.63, 3.8) is 0 Å². The van der Waals surface area contributed by atoms with Crippen LogP contribution in [0.4, 0.5) is 10.2 Å². The van der Waals surface area contributed by atoms with Crippen molar-refractivity contribution in [1.29, 1.82) is 0 Å². The van der Waals surface area contributed by atoms with Crippen molar-refractivity contribution in [3.05, 3.63) is 22.5 Å². The summed E-state index contributed by atoms with van der Waals surface area (Å²) in [6, 6.07) is 0. The summed E-state index contributed by atoms with van der Waals surface area (Å²) < 4.78 is 13.5. The molecule has 1 rings (SSSR count). The molecule has 0 atom stereocenters. The molecule has 0 saturated heterocycles. The van der Waals surface area contributed by atoms with E-state index < -0.39 is 11.4 Å². The quantitative estimate of drug-likeness (QED) is 0.532. The third kappa shape index (κ3) is 0.854. The van der Waals surface area contributed by atoms with Crippen molar-refractivity contribution in [2.75, 3.05) is 5.73 Å². The summed E-state index contributed by atoms with van der Waals surface area (Å²) in [7, 11) is 1.40. The van der Waals surface area contributed by atoms with Gasteiger partial charge in [0, 0.05) is 7.05 Å². The van der Waals surface area contributed by atoms with Gasteiger partial charge in [-0.3, -0.25) is 9.36 Å². The smallest absolute Gasteiger partial charge is 0.291 e. The van der Waals surface area contributed by atoms with Gasteiger partial charge in [-0.25, -0.2) is 4.98 Å². The maximum absolute atomic E-state index is 12.5. The molecule has 54 valence electrons. The van der Waals surface area contributed by atoms with Gasteiger partial charge in [0.15, 0.2) is 5.82 Å². The summed E-state index contributed by atoms with van der Waals surface area (Å²) >= 11 is 0. The number of nitrogens with zero attached hydrogens (tertiary/aromatic N) is 2. The minimum atomic E-state index is -0.995. The molecule has 2 N–H and O–H groups in total. The number of anilines is 1. The molecule has 1 aromatic rings. The predicted molar refractivity (Wildman–Crippen MR) is 33.8 cm³/mol. The van der Waals surface area contributed by atoms with E-state index in [2.05, 4.69) is 4.98 Å². The molecule has 0 bridgehead atoms. The first-order valence-corrected chi connectivity index (χ1v) is 2.59. The number of nitrogens with two attached hydrogens (primary N) is 1. The molecule has 0 aliphatic carbocycles. The molecule has 1 heterocycles. The van der Waals surface area contributed by atoms with Crippen molar-refractivity contribution in [2.24, 2.45) is 7.05 Å². The van der Waals surface area contributed by atoms with E-state index >= 15 is 0 Å². The number of nitrogen functional groups attached to an aromatic ring is 1. The summed E-state index contributed by atoms with van der Waals surface area (Å²) in [6.07, 6.45) is 1.17. The molecule has 0 aliphatic rings. The first-order valence-electron chi connectivity index (χ1n) is 2.59. The molecular formula is C5H6FN3O. The van der Waals surface area contributed by atoms with Crippen LogP contribution in [0.2, 0.25) is 0 Å². The van der Waals surface area contributed by atoms with Crippen LogP contribution in [0.1, 0.15) is 0 Å². The standard InChI is InChI=1S/C5H6FN3O/c1-9-2-8-4(7)3(6)5(9)10/h2H,7H2,1H3. The van der Waals surface area contributed by atoms with Gasteiger partial charge in [0.25, 0.3) is 5.56 Å². The minimum Gasteiger partial charge on any atom is -0.381 e. The topological polar surface area (TPSA) is 60.9 Å². The van der Waals surface area contributed by atoms with E-state index in [1.54, 1.807) is 0 Å². The Morgan fingerprint density at radius 1 is 1.80 bits per heavy atom. The van der Waals surface area contributed by atoms with Crippen LogP contribution in [0.3, 0.4) is 0 Å². The fourth-order valence-electron chi connectivity index (χ4n) is 0.522. The van der Waals surface area contributed by atoms with E-state index in [0.29, 0.717) is 0 Å². The average Bonchev–Trinajstić information content (AvgIpc) is 1.93. The minimum absolute atomic E-state index is 0.358. The number of aromatic nitrogens is 2. The van der Waals surface area contributed by atoms with Gasteiger partial charge in [-0.1, -0.05) is 0 Å². The third-order valence-corrected chi connectivity index (χ3v) is 1.10. The van der Waals surface area contributed by atoms with Crippen LogP contribution in [0.15, 0.2) is 11.1 Å². The molecule has 10 heavy (non-hydrogen) atoms. The van der Waals surface area contributed by atoms with Crippen LogP contribution in [-0.2, 0) is 7.05 Å². The summed E-state index contributed by atoms with van der Waals surface area (Å²) in [5.41, 5.74) is 4.23. The Kier molecular flexibility index (Phi) is 1.41. The second kappa shape index (κ2) is 2.09. The van der Waals surface area contributed by atoms with Gasteiger partial charge < -0.3 is 5.73 Å². The van der Waals surface area contributed by atoms with Gasteiger partial charge in [0.05, 0.1) is 6.33 Å².